The van der Waals surface area contributed by atoms with E-state index in [-0.39, 0.29) is 42.0 Å². The van der Waals surface area contributed by atoms with Gasteiger partial charge in [0.2, 0.25) is 0 Å². The van der Waals surface area contributed by atoms with Gasteiger partial charge in [0, 0.05) is 16.0 Å². The van der Waals surface area contributed by atoms with Crippen LogP contribution in [0.3, 0.4) is 0 Å². The van der Waals surface area contributed by atoms with Gasteiger partial charge in [0.05, 0.1) is 32.0 Å². The van der Waals surface area contributed by atoms with E-state index in [4.69, 9.17) is 22.1 Å². The SMILES string of the molecule is Cc1cc(Br)ccc1F.O=C(NC(=S)NC1CO[C@H](CO)C1CO)c1ccccc1. The summed E-state index contributed by atoms with van der Waals surface area (Å²) in [6, 6.07) is 13.4. The molecule has 2 aromatic carbocycles. The van der Waals surface area contributed by atoms with Gasteiger partial charge in [-0.3, -0.25) is 10.1 Å². The Morgan fingerprint density at radius 1 is 1.23 bits per heavy atom. The molecule has 1 heterocycles. The number of aryl methyl sites for hydroxylation is 1. The Labute approximate surface area is 188 Å². The molecule has 1 aliphatic heterocycles. The van der Waals surface area contributed by atoms with E-state index < -0.39 is 6.10 Å². The molecule has 1 amide bonds. The van der Waals surface area contributed by atoms with Gasteiger partial charge in [0.25, 0.3) is 5.91 Å². The molecule has 3 rings (SSSR count). The van der Waals surface area contributed by atoms with E-state index in [1.165, 1.54) is 6.07 Å². The van der Waals surface area contributed by atoms with Crippen LogP contribution in [0.1, 0.15) is 15.9 Å². The highest BCUT2D eigenvalue weighted by Gasteiger charge is 2.36. The van der Waals surface area contributed by atoms with Crippen LogP contribution in [0, 0.1) is 18.7 Å². The molecule has 1 aliphatic rings. The van der Waals surface area contributed by atoms with Gasteiger partial charge in [-0.25, -0.2) is 4.39 Å². The largest absolute Gasteiger partial charge is 0.396 e. The number of carbonyl (C=O) groups excluding carboxylic acids is 1. The van der Waals surface area contributed by atoms with E-state index in [1.807, 2.05) is 6.07 Å². The molecule has 0 radical (unpaired) electrons. The Balaban J connectivity index is 0.000000297. The van der Waals surface area contributed by atoms with E-state index in [2.05, 4.69) is 26.6 Å². The second-order valence-corrected chi connectivity index (χ2v) is 8.02. The number of rotatable bonds is 4. The Morgan fingerprint density at radius 2 is 1.93 bits per heavy atom. The van der Waals surface area contributed by atoms with Gasteiger partial charge in [0.1, 0.15) is 5.82 Å². The van der Waals surface area contributed by atoms with Crippen LogP contribution >= 0.6 is 28.1 Å². The van der Waals surface area contributed by atoms with Crippen molar-refractivity contribution in [3.63, 3.8) is 0 Å². The van der Waals surface area contributed by atoms with Crippen molar-refractivity contribution in [2.45, 2.75) is 19.1 Å². The number of hydrogen-bond donors (Lipinski definition) is 4. The highest BCUT2D eigenvalue weighted by atomic mass is 79.9. The predicted molar refractivity (Wildman–Crippen MR) is 120 cm³/mol. The third kappa shape index (κ3) is 7.10. The summed E-state index contributed by atoms with van der Waals surface area (Å²) in [5, 5.41) is 24.2. The third-order valence-electron chi connectivity index (χ3n) is 4.57. The van der Waals surface area contributed by atoms with Crippen molar-refractivity contribution in [1.82, 2.24) is 10.6 Å². The lowest BCUT2D eigenvalue weighted by molar-refractivity contribution is 0.0269. The van der Waals surface area contributed by atoms with Crippen molar-refractivity contribution in [3.05, 3.63) is 69.9 Å². The molecule has 162 valence electrons. The number of ether oxygens (including phenoxy) is 1. The van der Waals surface area contributed by atoms with Crippen LogP contribution in [0.5, 0.6) is 0 Å². The number of aliphatic hydroxyl groups is 2. The second-order valence-electron chi connectivity index (χ2n) is 6.69. The first-order valence-electron chi connectivity index (χ1n) is 9.27. The smallest absolute Gasteiger partial charge is 0.257 e. The summed E-state index contributed by atoms with van der Waals surface area (Å²) in [6.45, 7) is 1.77. The number of hydrogen-bond acceptors (Lipinski definition) is 5. The van der Waals surface area contributed by atoms with E-state index in [9.17, 15) is 14.3 Å². The normalized spacial score (nSPS) is 20.1. The van der Waals surface area contributed by atoms with Crippen LogP contribution in [0.4, 0.5) is 4.39 Å². The molecule has 4 N–H and O–H groups in total. The molecule has 30 heavy (non-hydrogen) atoms. The van der Waals surface area contributed by atoms with Crippen molar-refractivity contribution in [1.29, 1.82) is 0 Å². The minimum atomic E-state index is -0.417. The lowest BCUT2D eigenvalue weighted by Crippen LogP contribution is -2.48. The summed E-state index contributed by atoms with van der Waals surface area (Å²) < 4.78 is 18.8. The van der Waals surface area contributed by atoms with E-state index in [0.717, 1.165) is 4.47 Å². The summed E-state index contributed by atoms with van der Waals surface area (Å²) in [5.41, 5.74) is 1.18. The zero-order chi connectivity index (χ0) is 22.1. The Kier molecular flexibility index (Phi) is 9.80. The summed E-state index contributed by atoms with van der Waals surface area (Å²) in [7, 11) is 0. The average Bonchev–Trinajstić information content (AvgIpc) is 3.13. The molecule has 9 heteroatoms. The molecular weight excluding hydrogens is 475 g/mol. The maximum atomic E-state index is 12.5. The Morgan fingerprint density at radius 3 is 2.50 bits per heavy atom. The van der Waals surface area contributed by atoms with Gasteiger partial charge in [-0.1, -0.05) is 34.1 Å². The highest BCUT2D eigenvalue weighted by Crippen LogP contribution is 2.20. The Bertz CT molecular complexity index is 856. The fourth-order valence-corrected chi connectivity index (χ4v) is 3.61. The minimum absolute atomic E-state index is 0.127. The van der Waals surface area contributed by atoms with Gasteiger partial charge in [-0.2, -0.15) is 0 Å². The predicted octanol–water partition coefficient (Wildman–Crippen LogP) is 2.56. The molecule has 6 nitrogen and oxygen atoms in total. The number of aliphatic hydroxyl groups excluding tert-OH is 2. The van der Waals surface area contributed by atoms with Crippen molar-refractivity contribution in [3.8, 4) is 0 Å². The summed E-state index contributed by atoms with van der Waals surface area (Å²) in [5.74, 6) is -0.717. The lowest BCUT2D eigenvalue weighted by atomic mass is 9.98. The molecule has 3 atom stereocenters. The van der Waals surface area contributed by atoms with Gasteiger partial charge < -0.3 is 20.3 Å². The first kappa shape index (κ1) is 24.4. The maximum absolute atomic E-state index is 12.5. The van der Waals surface area contributed by atoms with Gasteiger partial charge in [-0.15, -0.1) is 0 Å². The molecular formula is C21H24BrFN2O4S. The molecule has 0 saturated carbocycles. The molecule has 2 aromatic rings. The number of nitrogens with one attached hydrogen (secondary N) is 2. The molecule has 0 aromatic heterocycles. The van der Waals surface area contributed by atoms with Crippen molar-refractivity contribution < 1.29 is 24.1 Å². The summed E-state index contributed by atoms with van der Waals surface area (Å²) in [6.07, 6.45) is -0.417. The fraction of sp³-hybridized carbons (Fsp3) is 0.333. The van der Waals surface area contributed by atoms with Gasteiger partial charge in [0.15, 0.2) is 5.11 Å². The topological polar surface area (TPSA) is 90.8 Å². The average molecular weight is 499 g/mol. The standard InChI is InChI=1S/C14H18N2O4S.C7H6BrF/c17-6-10-11(8-20-12(10)7-18)15-14(21)16-13(19)9-4-2-1-3-5-9;1-5-4-6(8)2-3-7(5)9/h1-5,10-12,17-18H,6-8H2,(H2,15,16,19,21);2-4H,1H3/t10?,11?,12-;/m1./s1. The highest BCUT2D eigenvalue weighted by molar-refractivity contribution is 9.10. The molecule has 0 aliphatic carbocycles. The van der Waals surface area contributed by atoms with Crippen LogP contribution in [0.2, 0.25) is 0 Å². The minimum Gasteiger partial charge on any atom is -0.396 e. The van der Waals surface area contributed by atoms with E-state index in [1.54, 1.807) is 43.3 Å². The van der Waals surface area contributed by atoms with Crippen molar-refractivity contribution in [2.24, 2.45) is 5.92 Å². The molecule has 0 bridgehead atoms. The number of carbonyl (C=O) groups is 1. The quantitative estimate of drug-likeness (QED) is 0.484. The second kappa shape index (κ2) is 12.1. The third-order valence-corrected chi connectivity index (χ3v) is 5.29. The van der Waals surface area contributed by atoms with Crippen molar-refractivity contribution in [2.75, 3.05) is 19.8 Å². The molecule has 1 saturated heterocycles. The summed E-state index contributed by atoms with van der Waals surface area (Å²) >= 11 is 8.33. The van der Waals surface area contributed by atoms with Gasteiger partial charge >= 0.3 is 0 Å². The summed E-state index contributed by atoms with van der Waals surface area (Å²) in [4.78, 5) is 11.9. The van der Waals surface area contributed by atoms with Crippen molar-refractivity contribution >= 4 is 39.2 Å². The number of halogens is 2. The van der Waals surface area contributed by atoms with E-state index >= 15 is 0 Å². The van der Waals surface area contributed by atoms with Crippen LogP contribution in [-0.4, -0.2) is 53.2 Å². The number of benzene rings is 2. The van der Waals surface area contributed by atoms with Gasteiger partial charge in [-0.05, 0) is 55.0 Å². The van der Waals surface area contributed by atoms with Crippen LogP contribution < -0.4 is 10.6 Å². The maximum Gasteiger partial charge on any atom is 0.257 e. The monoisotopic (exact) mass is 498 g/mol. The zero-order valence-corrected chi connectivity index (χ0v) is 18.7. The van der Waals surface area contributed by atoms with E-state index in [0.29, 0.717) is 17.7 Å². The molecule has 0 spiro atoms. The van der Waals surface area contributed by atoms with Crippen LogP contribution in [0.25, 0.3) is 0 Å². The first-order chi connectivity index (χ1) is 14.3. The fourth-order valence-electron chi connectivity index (χ4n) is 2.89. The van der Waals surface area contributed by atoms with Crippen LogP contribution in [0.15, 0.2) is 53.0 Å². The zero-order valence-electron chi connectivity index (χ0n) is 16.3. The Hall–Kier alpha value is -1.91. The first-order valence-corrected chi connectivity index (χ1v) is 10.5. The molecule has 1 fully saturated rings. The number of amides is 1. The lowest BCUT2D eigenvalue weighted by Gasteiger charge is -2.21. The number of thiocarbonyl (C=S) groups is 1. The van der Waals surface area contributed by atoms with Crippen LogP contribution in [-0.2, 0) is 4.74 Å². The molecule has 2 unspecified atom stereocenters.